The number of carbonyl (C=O) groups excluding carboxylic acids is 1. The molecule has 0 bridgehead atoms. The van der Waals surface area contributed by atoms with Crippen LogP contribution in [0.2, 0.25) is 0 Å². The summed E-state index contributed by atoms with van der Waals surface area (Å²) in [5.41, 5.74) is 0. The van der Waals surface area contributed by atoms with Gasteiger partial charge >= 0.3 is 0 Å². The van der Waals surface area contributed by atoms with E-state index in [2.05, 4.69) is 19.6 Å². The molecule has 0 aliphatic rings. The van der Waals surface area contributed by atoms with Gasteiger partial charge in [0.15, 0.2) is 0 Å². The maximum Gasteiger partial charge on any atom is 0.106 e. The van der Waals surface area contributed by atoms with Crippen LogP contribution < -0.4 is 0 Å². The summed E-state index contributed by atoms with van der Waals surface area (Å²) in [6.07, 6.45) is 23.1. The van der Waals surface area contributed by atoms with Gasteiger partial charge in [0.25, 0.3) is 0 Å². The Balaban J connectivity index is 0. The molecular weight excluding hydrogens is 276 g/mol. The number of carbonyl (C=O) groups is 1. The second-order valence-electron chi connectivity index (χ2n) is 6.03. The summed E-state index contributed by atoms with van der Waals surface area (Å²) in [5.74, 6) is 1.07. The van der Waals surface area contributed by atoms with Crippen LogP contribution >= 0.6 is 12.6 Å². The molecule has 0 aliphatic carbocycles. The third-order valence-corrected chi connectivity index (χ3v) is 4.33. The largest absolute Gasteiger partial charge is 0.307 e. The Kier molecular flexibility index (Phi) is 27.7. The zero-order valence-corrected chi connectivity index (χ0v) is 15.5. The van der Waals surface area contributed by atoms with Crippen molar-refractivity contribution >= 4 is 19.4 Å². The van der Waals surface area contributed by atoms with Gasteiger partial charge in [-0.3, -0.25) is 0 Å². The summed E-state index contributed by atoms with van der Waals surface area (Å²) >= 11 is 4.24. The topological polar surface area (TPSA) is 17.1 Å². The first-order valence-electron chi connectivity index (χ1n) is 9.31. The first kappa shape index (κ1) is 23.3. The zero-order chi connectivity index (χ0) is 16.0. The quantitative estimate of drug-likeness (QED) is 0.240. The van der Waals surface area contributed by atoms with E-state index in [0.717, 1.165) is 5.75 Å². The number of unbranched alkanes of at least 4 members (excludes halogenated alkanes) is 15. The van der Waals surface area contributed by atoms with Gasteiger partial charge in [0.1, 0.15) is 6.79 Å². The molecule has 21 heavy (non-hydrogen) atoms. The van der Waals surface area contributed by atoms with Crippen LogP contribution in [0.1, 0.15) is 110 Å². The molecule has 0 unspecified atom stereocenters. The lowest BCUT2D eigenvalue weighted by Crippen LogP contribution is -1.83. The van der Waals surface area contributed by atoms with E-state index < -0.39 is 0 Å². The number of rotatable bonds is 16. The van der Waals surface area contributed by atoms with E-state index in [4.69, 9.17) is 4.79 Å². The molecule has 1 nitrogen and oxygen atoms in total. The minimum Gasteiger partial charge on any atom is -0.307 e. The number of hydrogen-bond acceptors (Lipinski definition) is 2. The molecule has 0 aromatic heterocycles. The van der Waals surface area contributed by atoms with Crippen molar-refractivity contribution in [3.63, 3.8) is 0 Å². The van der Waals surface area contributed by atoms with Crippen molar-refractivity contribution in [2.24, 2.45) is 0 Å². The molecule has 0 aromatic carbocycles. The van der Waals surface area contributed by atoms with Crippen LogP contribution in [0.4, 0.5) is 0 Å². The molecule has 0 saturated carbocycles. The molecule has 128 valence electrons. The summed E-state index contributed by atoms with van der Waals surface area (Å²) in [5, 5.41) is 0. The van der Waals surface area contributed by atoms with E-state index in [1.807, 2.05) is 6.79 Å². The van der Waals surface area contributed by atoms with E-state index in [9.17, 15) is 0 Å². The van der Waals surface area contributed by atoms with E-state index in [1.54, 1.807) is 0 Å². The monoisotopic (exact) mass is 316 g/mol. The van der Waals surface area contributed by atoms with Gasteiger partial charge in [-0.25, -0.2) is 0 Å². The Morgan fingerprint density at radius 2 is 0.762 bits per heavy atom. The third-order valence-electron chi connectivity index (χ3n) is 4.01. The minimum atomic E-state index is 1.07. The highest BCUT2D eigenvalue weighted by molar-refractivity contribution is 7.80. The summed E-state index contributed by atoms with van der Waals surface area (Å²) in [6, 6.07) is 0. The molecule has 0 saturated heterocycles. The fourth-order valence-corrected chi connectivity index (χ4v) is 2.88. The summed E-state index contributed by atoms with van der Waals surface area (Å²) in [6.45, 7) is 4.29. The van der Waals surface area contributed by atoms with Crippen LogP contribution in [0.3, 0.4) is 0 Å². The van der Waals surface area contributed by atoms with Gasteiger partial charge in [-0.15, -0.1) is 0 Å². The van der Waals surface area contributed by atoms with Gasteiger partial charge in [0, 0.05) is 0 Å². The van der Waals surface area contributed by atoms with Crippen molar-refractivity contribution in [1.82, 2.24) is 0 Å². The fourth-order valence-electron chi connectivity index (χ4n) is 2.66. The summed E-state index contributed by atoms with van der Waals surface area (Å²) < 4.78 is 0. The Bertz CT molecular complexity index is 146. The van der Waals surface area contributed by atoms with Gasteiger partial charge in [0.05, 0.1) is 0 Å². The van der Waals surface area contributed by atoms with Crippen LogP contribution in [-0.2, 0) is 4.79 Å². The smallest absolute Gasteiger partial charge is 0.106 e. The zero-order valence-electron chi connectivity index (χ0n) is 14.6. The lowest BCUT2D eigenvalue weighted by Gasteiger charge is -2.03. The molecule has 0 radical (unpaired) electrons. The van der Waals surface area contributed by atoms with Crippen molar-refractivity contribution < 1.29 is 4.79 Å². The van der Waals surface area contributed by atoms with Gasteiger partial charge in [-0.2, -0.15) is 12.6 Å². The molecule has 0 aliphatic heterocycles. The molecule has 2 heteroatoms. The van der Waals surface area contributed by atoms with Crippen molar-refractivity contribution in [3.8, 4) is 0 Å². The lowest BCUT2D eigenvalue weighted by atomic mass is 10.0. The highest BCUT2D eigenvalue weighted by Gasteiger charge is 1.94. The summed E-state index contributed by atoms with van der Waals surface area (Å²) in [4.78, 5) is 8.00. The van der Waals surface area contributed by atoms with Crippen LogP contribution in [0.15, 0.2) is 0 Å². The first-order valence-corrected chi connectivity index (χ1v) is 9.94. The summed E-state index contributed by atoms with van der Waals surface area (Å²) in [7, 11) is 0. The van der Waals surface area contributed by atoms with Gasteiger partial charge in [0.2, 0.25) is 0 Å². The normalized spacial score (nSPS) is 10.2. The minimum absolute atomic E-state index is 1.07. The highest BCUT2D eigenvalue weighted by Crippen LogP contribution is 2.13. The van der Waals surface area contributed by atoms with Crippen molar-refractivity contribution in [3.05, 3.63) is 0 Å². The predicted octanol–water partition coefficient (Wildman–Crippen LogP) is 6.99. The molecule has 0 spiro atoms. The van der Waals surface area contributed by atoms with Crippen molar-refractivity contribution in [2.45, 2.75) is 110 Å². The maximum absolute atomic E-state index is 8.00. The SMILES string of the molecule is C=O.CCCCCCCCCCCCCCCCCCS. The standard InChI is InChI=1S/C18H38S.CH2O/c1-2-3-4-5-6-7-8-9-10-11-12-13-14-15-16-17-18-19;1-2/h19H,2-18H2,1H3;1H2. The molecule has 0 fully saturated rings. The van der Waals surface area contributed by atoms with E-state index in [-0.39, 0.29) is 0 Å². The molecule has 0 rings (SSSR count). The van der Waals surface area contributed by atoms with Gasteiger partial charge in [-0.1, -0.05) is 103 Å². The van der Waals surface area contributed by atoms with Crippen LogP contribution in [0.5, 0.6) is 0 Å². The van der Waals surface area contributed by atoms with E-state index >= 15 is 0 Å². The number of hydrogen-bond donors (Lipinski definition) is 1. The Morgan fingerprint density at radius 3 is 1.00 bits per heavy atom. The lowest BCUT2D eigenvalue weighted by molar-refractivity contribution is -0.0979. The number of thiol groups is 1. The van der Waals surface area contributed by atoms with Gasteiger partial charge in [-0.05, 0) is 12.2 Å². The second kappa shape index (κ2) is 25.0. The Morgan fingerprint density at radius 1 is 0.524 bits per heavy atom. The molecule has 0 N–H and O–H groups in total. The van der Waals surface area contributed by atoms with Crippen molar-refractivity contribution in [2.75, 3.05) is 5.75 Å². The van der Waals surface area contributed by atoms with Crippen LogP contribution in [0, 0.1) is 0 Å². The highest BCUT2D eigenvalue weighted by atomic mass is 32.1. The molecule has 0 amide bonds. The average Bonchev–Trinajstić information content (AvgIpc) is 2.53. The average molecular weight is 317 g/mol. The van der Waals surface area contributed by atoms with E-state index in [0.29, 0.717) is 0 Å². The molecule has 0 aromatic rings. The Hall–Kier alpha value is 0.0200. The predicted molar refractivity (Wildman–Crippen MR) is 101 cm³/mol. The van der Waals surface area contributed by atoms with Crippen LogP contribution in [-0.4, -0.2) is 12.5 Å². The molecule has 0 heterocycles. The third kappa shape index (κ3) is 25.3. The van der Waals surface area contributed by atoms with Gasteiger partial charge < -0.3 is 4.79 Å². The fraction of sp³-hybridized carbons (Fsp3) is 0.947. The molecule has 0 atom stereocenters. The van der Waals surface area contributed by atoms with Crippen LogP contribution in [0.25, 0.3) is 0 Å². The molecular formula is C19H40OS. The first-order chi connectivity index (χ1) is 10.4. The maximum atomic E-state index is 8.00. The Labute approximate surface area is 140 Å². The van der Waals surface area contributed by atoms with Crippen molar-refractivity contribution in [1.29, 1.82) is 0 Å². The second-order valence-corrected chi connectivity index (χ2v) is 6.47. The van der Waals surface area contributed by atoms with E-state index in [1.165, 1.54) is 103 Å².